The molecule has 0 aromatic heterocycles. The van der Waals surface area contributed by atoms with Crippen molar-refractivity contribution in [3.63, 3.8) is 0 Å². The zero-order valence-corrected chi connectivity index (χ0v) is 9.17. The molecule has 0 atom stereocenters. The number of nitrogens with one attached hydrogen (secondary N) is 1. The Balaban J connectivity index is 0. The van der Waals surface area contributed by atoms with Crippen molar-refractivity contribution in [3.05, 3.63) is 0 Å². The van der Waals surface area contributed by atoms with Gasteiger partial charge in [-0.25, -0.2) is 0 Å². The van der Waals surface area contributed by atoms with E-state index in [1.54, 1.807) is 0 Å². The number of likely N-dealkylation sites (N-methyl/N-ethyl adjacent to an activating group) is 1. The second-order valence-corrected chi connectivity index (χ2v) is 2.29. The molecule has 0 saturated heterocycles. The first-order valence-corrected chi connectivity index (χ1v) is 3.32. The molecule has 0 rings (SSSR count). The summed E-state index contributed by atoms with van der Waals surface area (Å²) < 4.78 is 0. The Hall–Kier alpha value is 0.840. The van der Waals surface area contributed by atoms with Crippen molar-refractivity contribution in [2.45, 2.75) is 12.5 Å². The predicted octanol–water partition coefficient (Wildman–Crippen LogP) is -2.07. The summed E-state index contributed by atoms with van der Waals surface area (Å²) in [7, 11) is 0. The first kappa shape index (κ1) is 14.4. The van der Waals surface area contributed by atoms with E-state index in [1.807, 2.05) is 6.92 Å². The summed E-state index contributed by atoms with van der Waals surface area (Å²) >= 11 is 0. The maximum atomic E-state index is 8.73. The van der Waals surface area contributed by atoms with Gasteiger partial charge in [0.2, 0.25) is 0 Å². The Bertz CT molecular complexity index is 79.6. The standard InChI is InChI=1S/C6H15NO3.Na/c1-2-7-6(3-8,4-9)5-10;/h7-10H,2-5H2,1H3;. The molecule has 0 aromatic rings. The predicted molar refractivity (Wildman–Crippen MR) is 43.4 cm³/mol. The third kappa shape index (κ3) is 4.42. The van der Waals surface area contributed by atoms with Crippen LogP contribution < -0.4 is 5.32 Å². The molecule has 63 valence electrons. The van der Waals surface area contributed by atoms with E-state index in [9.17, 15) is 0 Å². The van der Waals surface area contributed by atoms with Gasteiger partial charge in [0, 0.05) is 29.6 Å². The first-order chi connectivity index (χ1) is 4.74. The zero-order valence-electron chi connectivity index (χ0n) is 7.17. The van der Waals surface area contributed by atoms with E-state index in [0.29, 0.717) is 6.54 Å². The zero-order chi connectivity index (χ0) is 8.04. The molecule has 4 nitrogen and oxygen atoms in total. The molecule has 0 aliphatic rings. The summed E-state index contributed by atoms with van der Waals surface area (Å²) in [6, 6.07) is 0. The van der Waals surface area contributed by atoms with Crippen LogP contribution in [0.5, 0.6) is 0 Å². The fraction of sp³-hybridized carbons (Fsp3) is 1.00. The Labute approximate surface area is 88.9 Å². The third-order valence-corrected chi connectivity index (χ3v) is 1.46. The van der Waals surface area contributed by atoms with Gasteiger partial charge in [0.1, 0.15) is 0 Å². The average molecular weight is 172 g/mol. The Morgan fingerprint density at radius 2 is 1.45 bits per heavy atom. The van der Waals surface area contributed by atoms with Crippen LogP contribution in [0, 0.1) is 0 Å². The van der Waals surface area contributed by atoms with Gasteiger partial charge in [-0.2, -0.15) is 0 Å². The van der Waals surface area contributed by atoms with Crippen molar-refractivity contribution in [1.82, 2.24) is 5.32 Å². The molecule has 0 saturated carbocycles. The van der Waals surface area contributed by atoms with Crippen LogP contribution in [-0.4, -0.2) is 76.8 Å². The van der Waals surface area contributed by atoms with Gasteiger partial charge in [0.15, 0.2) is 0 Å². The van der Waals surface area contributed by atoms with Crippen molar-refractivity contribution in [3.8, 4) is 0 Å². The summed E-state index contributed by atoms with van der Waals surface area (Å²) in [4.78, 5) is 0. The van der Waals surface area contributed by atoms with Gasteiger partial charge in [0.05, 0.1) is 25.4 Å². The Kier molecular flexibility index (Phi) is 9.78. The van der Waals surface area contributed by atoms with E-state index < -0.39 is 5.54 Å². The summed E-state index contributed by atoms with van der Waals surface area (Å²) in [5, 5.41) is 29.0. The third-order valence-electron chi connectivity index (χ3n) is 1.46. The number of hydrogen-bond donors (Lipinski definition) is 4. The monoisotopic (exact) mass is 172 g/mol. The summed E-state index contributed by atoms with van der Waals surface area (Å²) in [5.41, 5.74) is -0.908. The quantitative estimate of drug-likeness (QED) is 0.359. The number of rotatable bonds is 5. The second-order valence-electron chi connectivity index (χ2n) is 2.29. The average Bonchev–Trinajstić information content (AvgIpc) is 2.01. The van der Waals surface area contributed by atoms with Gasteiger partial charge in [-0.1, -0.05) is 6.92 Å². The van der Waals surface area contributed by atoms with Crippen molar-refractivity contribution in [1.29, 1.82) is 0 Å². The molecular weight excluding hydrogens is 157 g/mol. The largest absolute Gasteiger partial charge is 0.394 e. The smallest absolute Gasteiger partial charge is 0.0881 e. The molecule has 0 unspecified atom stereocenters. The van der Waals surface area contributed by atoms with E-state index in [1.165, 1.54) is 0 Å². The molecule has 0 aliphatic heterocycles. The molecule has 0 fully saturated rings. The molecule has 5 heteroatoms. The van der Waals surface area contributed by atoms with E-state index in [0.717, 1.165) is 0 Å². The minimum atomic E-state index is -0.908. The normalized spacial score (nSPS) is 10.9. The molecule has 1 radical (unpaired) electrons. The first-order valence-electron chi connectivity index (χ1n) is 3.32. The molecule has 0 aromatic carbocycles. The van der Waals surface area contributed by atoms with E-state index in [2.05, 4.69) is 5.32 Å². The number of aliphatic hydroxyl groups is 3. The number of aliphatic hydroxyl groups excluding tert-OH is 3. The van der Waals surface area contributed by atoms with Gasteiger partial charge >= 0.3 is 0 Å². The fourth-order valence-corrected chi connectivity index (χ4v) is 0.693. The summed E-state index contributed by atoms with van der Waals surface area (Å²) in [5.74, 6) is 0. The van der Waals surface area contributed by atoms with Crippen LogP contribution in [0.2, 0.25) is 0 Å². The van der Waals surface area contributed by atoms with Crippen LogP contribution in [-0.2, 0) is 0 Å². The SMILES string of the molecule is CCNC(CO)(CO)CO.[Na]. The van der Waals surface area contributed by atoms with Gasteiger partial charge in [-0.15, -0.1) is 0 Å². The summed E-state index contributed by atoms with van der Waals surface area (Å²) in [6.07, 6.45) is 0. The van der Waals surface area contributed by atoms with Crippen LogP contribution >= 0.6 is 0 Å². The molecular formula is C6H15NNaO3. The van der Waals surface area contributed by atoms with E-state index in [-0.39, 0.29) is 49.4 Å². The van der Waals surface area contributed by atoms with E-state index in [4.69, 9.17) is 15.3 Å². The molecule has 0 heterocycles. The fourth-order valence-electron chi connectivity index (χ4n) is 0.693. The van der Waals surface area contributed by atoms with Crippen molar-refractivity contribution in [2.24, 2.45) is 0 Å². The van der Waals surface area contributed by atoms with Crippen molar-refractivity contribution >= 4 is 29.6 Å². The van der Waals surface area contributed by atoms with E-state index >= 15 is 0 Å². The second kappa shape index (κ2) is 7.49. The minimum Gasteiger partial charge on any atom is -0.394 e. The van der Waals surface area contributed by atoms with Crippen LogP contribution in [0.4, 0.5) is 0 Å². The van der Waals surface area contributed by atoms with Crippen molar-refractivity contribution < 1.29 is 15.3 Å². The Morgan fingerprint density at radius 1 is 1.09 bits per heavy atom. The number of hydrogen-bond acceptors (Lipinski definition) is 4. The molecule has 4 N–H and O–H groups in total. The van der Waals surface area contributed by atoms with Gasteiger partial charge in [-0.3, -0.25) is 0 Å². The molecule has 11 heavy (non-hydrogen) atoms. The molecule has 0 bridgehead atoms. The van der Waals surface area contributed by atoms with Gasteiger partial charge < -0.3 is 20.6 Å². The minimum absolute atomic E-state index is 0. The van der Waals surface area contributed by atoms with Gasteiger partial charge in [0.25, 0.3) is 0 Å². The molecule has 0 aliphatic carbocycles. The summed E-state index contributed by atoms with van der Waals surface area (Å²) in [6.45, 7) is 1.69. The molecule has 0 amide bonds. The van der Waals surface area contributed by atoms with Gasteiger partial charge in [-0.05, 0) is 6.54 Å². The Morgan fingerprint density at radius 3 is 1.55 bits per heavy atom. The van der Waals surface area contributed by atoms with Crippen LogP contribution in [0.3, 0.4) is 0 Å². The van der Waals surface area contributed by atoms with Crippen LogP contribution in [0.1, 0.15) is 6.92 Å². The van der Waals surface area contributed by atoms with Crippen molar-refractivity contribution in [2.75, 3.05) is 26.4 Å². The maximum absolute atomic E-state index is 8.73. The van der Waals surface area contributed by atoms with Crippen LogP contribution in [0.15, 0.2) is 0 Å². The topological polar surface area (TPSA) is 72.7 Å². The van der Waals surface area contributed by atoms with Crippen LogP contribution in [0.25, 0.3) is 0 Å². The molecule has 0 spiro atoms. The maximum Gasteiger partial charge on any atom is 0.0881 e.